The average molecular weight is 111 g/mol. The highest BCUT2D eigenvalue weighted by Crippen LogP contribution is 2.12. The highest BCUT2D eigenvalue weighted by atomic mass is 16.5. The molecule has 0 unspecified atom stereocenters. The van der Waals surface area contributed by atoms with Crippen LogP contribution < -0.4 is 0 Å². The van der Waals surface area contributed by atoms with Crippen LogP contribution >= 0.6 is 0 Å². The Balaban J connectivity index is 2.33. The lowest BCUT2D eigenvalue weighted by atomic mass is 10.1. The largest absolute Gasteiger partial charge is 0.657 e. The van der Waals surface area contributed by atoms with E-state index in [1.165, 1.54) is 6.42 Å². The zero-order chi connectivity index (χ0) is 6.04. The van der Waals surface area contributed by atoms with E-state index in [1.807, 2.05) is 0 Å². The molecule has 1 aliphatic heterocycles. The van der Waals surface area contributed by atoms with Crippen molar-refractivity contribution >= 4 is 7.98 Å². The van der Waals surface area contributed by atoms with Gasteiger partial charge in [0.1, 0.15) is 0 Å². The number of hydrogen-bond acceptors (Lipinski definition) is 1. The fourth-order valence-corrected chi connectivity index (χ4v) is 1.05. The van der Waals surface area contributed by atoms with Crippen LogP contribution in [0.3, 0.4) is 0 Å². The molecule has 0 aromatic heterocycles. The smallest absolute Gasteiger partial charge is 0.481 e. The molecular formula is C5H10BNO. The summed E-state index contributed by atoms with van der Waals surface area (Å²) >= 11 is 0. The first-order chi connectivity index (χ1) is 3.71. The third-order valence-corrected chi connectivity index (χ3v) is 1.57. The van der Waals surface area contributed by atoms with Crippen LogP contribution in [0.2, 0.25) is 0 Å². The van der Waals surface area contributed by atoms with Gasteiger partial charge in [0.15, 0.2) is 0 Å². The van der Waals surface area contributed by atoms with Gasteiger partial charge in [-0.05, 0) is 19.3 Å². The van der Waals surface area contributed by atoms with Crippen LogP contribution in [0.25, 0.3) is 0 Å². The minimum atomic E-state index is -0.500. The van der Waals surface area contributed by atoms with Crippen molar-refractivity contribution in [3.63, 3.8) is 0 Å². The number of piperidine rings is 1. The van der Waals surface area contributed by atoms with Crippen molar-refractivity contribution in [2.75, 3.05) is 13.1 Å². The van der Waals surface area contributed by atoms with Crippen LogP contribution in [0, 0.1) is 5.21 Å². The van der Waals surface area contributed by atoms with E-state index in [-0.39, 0.29) is 0 Å². The summed E-state index contributed by atoms with van der Waals surface area (Å²) < 4.78 is -0.500. The Kier molecular flexibility index (Phi) is 1.58. The first-order valence-corrected chi connectivity index (χ1v) is 3.07. The quantitative estimate of drug-likeness (QED) is 0.331. The summed E-state index contributed by atoms with van der Waals surface area (Å²) in [6.07, 6.45) is 3.18. The molecule has 8 heavy (non-hydrogen) atoms. The lowest BCUT2D eigenvalue weighted by Crippen LogP contribution is -2.43. The maximum absolute atomic E-state index is 10.8. The van der Waals surface area contributed by atoms with E-state index in [9.17, 15) is 5.21 Å². The van der Waals surface area contributed by atoms with E-state index in [2.05, 4.69) is 0 Å². The van der Waals surface area contributed by atoms with Crippen molar-refractivity contribution in [3.8, 4) is 0 Å². The van der Waals surface area contributed by atoms with E-state index >= 15 is 0 Å². The standard InChI is InChI=1S/C5H10BNO/c6-7(8)4-2-1-3-5-7/h1-5H2. The summed E-state index contributed by atoms with van der Waals surface area (Å²) in [6, 6.07) is 0. The molecule has 1 aliphatic rings. The van der Waals surface area contributed by atoms with Gasteiger partial charge in [0.2, 0.25) is 0 Å². The van der Waals surface area contributed by atoms with Crippen molar-refractivity contribution in [1.82, 2.24) is 0 Å². The molecule has 0 spiro atoms. The van der Waals surface area contributed by atoms with Crippen molar-refractivity contribution < 1.29 is 4.56 Å². The van der Waals surface area contributed by atoms with Crippen LogP contribution in [-0.4, -0.2) is 25.6 Å². The molecule has 0 bridgehead atoms. The third-order valence-electron chi connectivity index (χ3n) is 1.57. The molecular weight excluding hydrogens is 101 g/mol. The van der Waals surface area contributed by atoms with Gasteiger partial charge >= 0.3 is 7.98 Å². The monoisotopic (exact) mass is 111 g/mol. The number of nitrogens with zero attached hydrogens (tertiary/aromatic N) is 1. The second-order valence-electron chi connectivity index (χ2n) is 2.46. The molecule has 1 heterocycles. The predicted molar refractivity (Wildman–Crippen MR) is 33.0 cm³/mol. The lowest BCUT2D eigenvalue weighted by molar-refractivity contribution is -0.769. The highest BCUT2D eigenvalue weighted by Gasteiger charge is 2.13. The summed E-state index contributed by atoms with van der Waals surface area (Å²) in [7, 11) is 5.26. The summed E-state index contributed by atoms with van der Waals surface area (Å²) in [5, 5.41) is 10.8. The fourth-order valence-electron chi connectivity index (χ4n) is 1.05. The SMILES string of the molecule is [B][N+]1([O-])CCCCC1. The second-order valence-corrected chi connectivity index (χ2v) is 2.46. The van der Waals surface area contributed by atoms with Crippen molar-refractivity contribution in [2.45, 2.75) is 19.3 Å². The maximum Gasteiger partial charge on any atom is 0.481 e. The van der Waals surface area contributed by atoms with Gasteiger partial charge in [-0.1, -0.05) is 0 Å². The number of rotatable bonds is 0. The molecule has 2 radical (unpaired) electrons. The molecule has 0 aliphatic carbocycles. The Morgan fingerprint density at radius 3 is 1.88 bits per heavy atom. The number of hydrogen-bond donors (Lipinski definition) is 0. The zero-order valence-electron chi connectivity index (χ0n) is 4.97. The Bertz CT molecular complexity index is 76.5. The minimum absolute atomic E-state index is 0.500. The summed E-state index contributed by atoms with van der Waals surface area (Å²) in [5.41, 5.74) is 0. The van der Waals surface area contributed by atoms with Crippen LogP contribution in [0.15, 0.2) is 0 Å². The molecule has 0 aromatic rings. The maximum atomic E-state index is 10.8. The molecule has 0 aromatic carbocycles. The Hall–Kier alpha value is -0.0151. The van der Waals surface area contributed by atoms with Gasteiger partial charge < -0.3 is 9.76 Å². The molecule has 0 atom stereocenters. The number of quaternary nitrogens is 1. The first kappa shape index (κ1) is 6.11. The Morgan fingerprint density at radius 1 is 1.12 bits per heavy atom. The molecule has 1 saturated heterocycles. The average Bonchev–Trinajstić information content (AvgIpc) is 1.65. The van der Waals surface area contributed by atoms with E-state index in [0.29, 0.717) is 13.1 Å². The normalized spacial score (nSPS) is 27.6. The second kappa shape index (κ2) is 2.07. The summed E-state index contributed by atoms with van der Waals surface area (Å²) in [5.74, 6) is 0. The molecule has 1 rings (SSSR count). The van der Waals surface area contributed by atoms with E-state index in [1.54, 1.807) is 0 Å². The Morgan fingerprint density at radius 2 is 1.62 bits per heavy atom. The topological polar surface area (TPSA) is 23.1 Å². The summed E-state index contributed by atoms with van der Waals surface area (Å²) in [4.78, 5) is 0. The first-order valence-electron chi connectivity index (χ1n) is 3.07. The van der Waals surface area contributed by atoms with Crippen molar-refractivity contribution in [1.29, 1.82) is 0 Å². The molecule has 2 nitrogen and oxygen atoms in total. The van der Waals surface area contributed by atoms with Gasteiger partial charge in [-0.25, -0.2) is 0 Å². The molecule has 1 fully saturated rings. The van der Waals surface area contributed by atoms with Crippen molar-refractivity contribution in [2.24, 2.45) is 0 Å². The Labute approximate surface area is 51.1 Å². The van der Waals surface area contributed by atoms with Crippen LogP contribution in [0.1, 0.15) is 19.3 Å². The van der Waals surface area contributed by atoms with E-state index in [0.717, 1.165) is 12.8 Å². The van der Waals surface area contributed by atoms with Gasteiger partial charge in [-0.2, -0.15) is 0 Å². The van der Waals surface area contributed by atoms with Gasteiger partial charge in [0.05, 0.1) is 13.1 Å². The third kappa shape index (κ3) is 1.49. The van der Waals surface area contributed by atoms with E-state index in [4.69, 9.17) is 7.98 Å². The minimum Gasteiger partial charge on any atom is -0.657 e. The van der Waals surface area contributed by atoms with Crippen LogP contribution in [0.5, 0.6) is 0 Å². The molecule has 0 N–H and O–H groups in total. The summed E-state index contributed by atoms with van der Waals surface area (Å²) in [6.45, 7) is 1.22. The molecule has 3 heteroatoms. The molecule has 0 amide bonds. The van der Waals surface area contributed by atoms with Gasteiger partial charge in [0, 0.05) is 0 Å². The molecule has 0 saturated carbocycles. The highest BCUT2D eigenvalue weighted by molar-refractivity contribution is 5.97. The van der Waals surface area contributed by atoms with Gasteiger partial charge in [-0.15, -0.1) is 0 Å². The van der Waals surface area contributed by atoms with E-state index < -0.39 is 4.56 Å². The van der Waals surface area contributed by atoms with Gasteiger partial charge in [0.25, 0.3) is 0 Å². The number of hydroxylamine groups is 2. The van der Waals surface area contributed by atoms with Crippen LogP contribution in [0.4, 0.5) is 0 Å². The van der Waals surface area contributed by atoms with Crippen LogP contribution in [-0.2, 0) is 0 Å². The lowest BCUT2D eigenvalue weighted by Gasteiger charge is -2.42. The zero-order valence-corrected chi connectivity index (χ0v) is 4.97. The van der Waals surface area contributed by atoms with Crippen molar-refractivity contribution in [3.05, 3.63) is 5.21 Å². The fraction of sp³-hybridized carbons (Fsp3) is 1.00. The van der Waals surface area contributed by atoms with Gasteiger partial charge in [-0.3, -0.25) is 0 Å². The predicted octanol–water partition coefficient (Wildman–Crippen LogP) is 0.568. The molecule has 44 valence electrons.